The lowest BCUT2D eigenvalue weighted by Crippen LogP contribution is -2.37. The minimum absolute atomic E-state index is 0.203. The number of amides is 2. The van der Waals surface area contributed by atoms with E-state index in [-0.39, 0.29) is 24.1 Å². The van der Waals surface area contributed by atoms with Crippen LogP contribution in [0.15, 0.2) is 28.9 Å². The number of fused-ring (bicyclic) bond motifs is 1. The molecular weight excluding hydrogens is 402 g/mol. The summed E-state index contributed by atoms with van der Waals surface area (Å²) in [6.07, 6.45) is 7.96. The van der Waals surface area contributed by atoms with E-state index in [1.165, 1.54) is 23.7 Å². The summed E-state index contributed by atoms with van der Waals surface area (Å²) in [6.45, 7) is 2.79. The minimum Gasteiger partial charge on any atom is -0.465 e. The van der Waals surface area contributed by atoms with Gasteiger partial charge in [0.15, 0.2) is 0 Å². The van der Waals surface area contributed by atoms with E-state index in [1.807, 2.05) is 6.92 Å². The number of hydrogen-bond donors (Lipinski definition) is 1. The van der Waals surface area contributed by atoms with Crippen molar-refractivity contribution >= 4 is 34.4 Å². The average Bonchev–Trinajstić information content (AvgIpc) is 3.45. The van der Waals surface area contributed by atoms with Gasteiger partial charge in [-0.1, -0.05) is 0 Å². The standard InChI is InChI=1S/C22H23N3O4S/c1-14-4-2-10-25(14)22(27)29-16-6-8-17-18(13-23)21(30-19(17)12-16)24-20(26)9-7-15-5-3-11-28-15/h3,5,7,9,11,14,16H,2,4,6,8,10,12H2,1H3,(H,24,26). The van der Waals surface area contributed by atoms with Crippen molar-refractivity contribution in [2.24, 2.45) is 0 Å². The van der Waals surface area contributed by atoms with Gasteiger partial charge in [-0.05, 0) is 56.4 Å². The van der Waals surface area contributed by atoms with Crippen LogP contribution in [0.25, 0.3) is 6.08 Å². The van der Waals surface area contributed by atoms with Gasteiger partial charge in [0.05, 0.1) is 11.8 Å². The molecule has 0 bridgehead atoms. The Morgan fingerprint density at radius 3 is 3.00 bits per heavy atom. The number of nitriles is 1. The van der Waals surface area contributed by atoms with Gasteiger partial charge >= 0.3 is 6.09 Å². The van der Waals surface area contributed by atoms with Crippen molar-refractivity contribution in [2.45, 2.75) is 51.2 Å². The van der Waals surface area contributed by atoms with E-state index in [4.69, 9.17) is 9.15 Å². The third-order valence-electron chi connectivity index (χ3n) is 5.57. The molecule has 0 spiro atoms. The molecule has 0 saturated carbocycles. The number of ether oxygens (including phenoxy) is 1. The van der Waals surface area contributed by atoms with E-state index in [0.29, 0.717) is 35.6 Å². The van der Waals surface area contributed by atoms with Crippen LogP contribution in [0.3, 0.4) is 0 Å². The number of furan rings is 1. The Hall–Kier alpha value is -3.05. The molecule has 4 rings (SSSR count). The molecule has 2 atom stereocenters. The largest absolute Gasteiger partial charge is 0.465 e. The summed E-state index contributed by atoms with van der Waals surface area (Å²) in [4.78, 5) is 27.5. The van der Waals surface area contributed by atoms with Gasteiger partial charge in [-0.25, -0.2) is 4.79 Å². The van der Waals surface area contributed by atoms with Crippen LogP contribution in [0.2, 0.25) is 0 Å². The fraction of sp³-hybridized carbons (Fsp3) is 0.409. The van der Waals surface area contributed by atoms with Crippen LogP contribution in [0.4, 0.5) is 9.80 Å². The Bertz CT molecular complexity index is 1000. The van der Waals surface area contributed by atoms with Crippen LogP contribution in [0.1, 0.15) is 48.0 Å². The van der Waals surface area contributed by atoms with Crippen molar-refractivity contribution in [3.05, 3.63) is 46.2 Å². The van der Waals surface area contributed by atoms with Gasteiger partial charge in [0.2, 0.25) is 5.91 Å². The van der Waals surface area contributed by atoms with Crippen LogP contribution < -0.4 is 5.32 Å². The number of carbonyl (C=O) groups excluding carboxylic acids is 2. The molecule has 2 aromatic heterocycles. The first-order valence-electron chi connectivity index (χ1n) is 10.1. The van der Waals surface area contributed by atoms with Gasteiger partial charge in [-0.2, -0.15) is 5.26 Å². The number of nitrogens with one attached hydrogen (secondary N) is 1. The number of nitrogens with zero attached hydrogens (tertiary/aromatic N) is 2. The molecule has 2 amide bonds. The fourth-order valence-electron chi connectivity index (χ4n) is 3.97. The van der Waals surface area contributed by atoms with Gasteiger partial charge in [-0.15, -0.1) is 11.3 Å². The number of thiophene rings is 1. The van der Waals surface area contributed by atoms with Crippen LogP contribution >= 0.6 is 11.3 Å². The summed E-state index contributed by atoms with van der Waals surface area (Å²) in [5.74, 6) is 0.251. The van der Waals surface area contributed by atoms with Crippen molar-refractivity contribution in [2.75, 3.05) is 11.9 Å². The second kappa shape index (κ2) is 8.76. The molecule has 3 heterocycles. The maximum absolute atomic E-state index is 12.5. The number of carbonyl (C=O) groups is 2. The third kappa shape index (κ3) is 4.26. The highest BCUT2D eigenvalue weighted by molar-refractivity contribution is 7.16. The van der Waals surface area contributed by atoms with E-state index < -0.39 is 0 Å². The van der Waals surface area contributed by atoms with Crippen LogP contribution in [-0.2, 0) is 22.4 Å². The van der Waals surface area contributed by atoms with Crippen molar-refractivity contribution in [3.63, 3.8) is 0 Å². The second-order valence-corrected chi connectivity index (χ2v) is 8.70. The molecule has 1 saturated heterocycles. The number of anilines is 1. The molecule has 1 aliphatic carbocycles. The van der Waals surface area contributed by atoms with Gasteiger partial charge in [0.25, 0.3) is 0 Å². The first-order valence-corrected chi connectivity index (χ1v) is 10.9. The van der Waals surface area contributed by atoms with E-state index in [2.05, 4.69) is 11.4 Å². The normalized spacial score (nSPS) is 20.7. The maximum atomic E-state index is 12.5. The first kappa shape index (κ1) is 20.2. The topological polar surface area (TPSA) is 95.6 Å². The molecular formula is C22H23N3O4S. The summed E-state index contributed by atoms with van der Waals surface area (Å²) in [5.41, 5.74) is 1.46. The van der Waals surface area contributed by atoms with Gasteiger partial charge in [-0.3, -0.25) is 4.79 Å². The molecule has 1 fully saturated rings. The molecule has 0 aromatic carbocycles. The molecule has 30 heavy (non-hydrogen) atoms. The highest BCUT2D eigenvalue weighted by Crippen LogP contribution is 2.38. The number of likely N-dealkylation sites (tertiary alicyclic amines) is 1. The lowest BCUT2D eigenvalue weighted by atomic mass is 9.94. The molecule has 156 valence electrons. The zero-order valence-corrected chi connectivity index (χ0v) is 17.5. The molecule has 2 aromatic rings. The Labute approximate surface area is 178 Å². The van der Waals surface area contributed by atoms with Crippen molar-refractivity contribution < 1.29 is 18.7 Å². The van der Waals surface area contributed by atoms with Crippen molar-refractivity contribution in [1.29, 1.82) is 5.26 Å². The average molecular weight is 426 g/mol. The zero-order valence-electron chi connectivity index (χ0n) is 16.7. The molecule has 7 nitrogen and oxygen atoms in total. The SMILES string of the molecule is CC1CCCN1C(=O)OC1CCc2c(sc(NC(=O)C=Cc3ccco3)c2C#N)C1. The number of hydrogen-bond acceptors (Lipinski definition) is 6. The fourth-order valence-corrected chi connectivity index (χ4v) is 5.24. The van der Waals surface area contributed by atoms with Crippen molar-refractivity contribution in [3.8, 4) is 6.07 Å². The summed E-state index contributed by atoms with van der Waals surface area (Å²) in [7, 11) is 0. The Balaban J connectivity index is 1.42. The quantitative estimate of drug-likeness (QED) is 0.735. The molecule has 8 heteroatoms. The smallest absolute Gasteiger partial charge is 0.410 e. The third-order valence-corrected chi connectivity index (χ3v) is 6.74. The Morgan fingerprint density at radius 1 is 1.43 bits per heavy atom. The maximum Gasteiger partial charge on any atom is 0.410 e. The van der Waals surface area contributed by atoms with Gasteiger partial charge < -0.3 is 19.4 Å². The second-order valence-electron chi connectivity index (χ2n) is 7.59. The highest BCUT2D eigenvalue weighted by atomic mass is 32.1. The zero-order chi connectivity index (χ0) is 21.1. The van der Waals surface area contributed by atoms with Crippen molar-refractivity contribution in [1.82, 2.24) is 4.90 Å². The van der Waals surface area contributed by atoms with E-state index in [9.17, 15) is 14.9 Å². The molecule has 2 unspecified atom stereocenters. The predicted molar refractivity (Wildman–Crippen MR) is 113 cm³/mol. The summed E-state index contributed by atoms with van der Waals surface area (Å²) >= 11 is 1.39. The Kier molecular flexibility index (Phi) is 5.91. The lowest BCUT2D eigenvalue weighted by Gasteiger charge is -2.27. The summed E-state index contributed by atoms with van der Waals surface area (Å²) in [6, 6.07) is 5.93. The highest BCUT2D eigenvalue weighted by Gasteiger charge is 2.32. The van der Waals surface area contributed by atoms with E-state index in [1.54, 1.807) is 23.1 Å². The number of rotatable bonds is 4. The van der Waals surface area contributed by atoms with Crippen LogP contribution in [0.5, 0.6) is 0 Å². The van der Waals surface area contributed by atoms with Gasteiger partial charge in [0.1, 0.15) is 22.9 Å². The Morgan fingerprint density at radius 2 is 2.30 bits per heavy atom. The summed E-state index contributed by atoms with van der Waals surface area (Å²) in [5, 5.41) is 13.0. The van der Waals surface area contributed by atoms with Gasteiger partial charge in [0, 0.05) is 30.0 Å². The first-order chi connectivity index (χ1) is 14.5. The molecule has 1 N–H and O–H groups in total. The molecule has 2 aliphatic rings. The lowest BCUT2D eigenvalue weighted by molar-refractivity contribution is -0.111. The van der Waals surface area contributed by atoms with Crippen LogP contribution in [0, 0.1) is 11.3 Å². The summed E-state index contributed by atoms with van der Waals surface area (Å²) < 4.78 is 10.9. The monoisotopic (exact) mass is 425 g/mol. The van der Waals surface area contributed by atoms with Crippen LogP contribution in [-0.4, -0.2) is 35.6 Å². The van der Waals surface area contributed by atoms with E-state index in [0.717, 1.165) is 29.8 Å². The molecule has 1 aliphatic heterocycles. The molecule has 0 radical (unpaired) electrons. The van der Waals surface area contributed by atoms with E-state index >= 15 is 0 Å². The predicted octanol–water partition coefficient (Wildman–Crippen LogP) is 4.34. The minimum atomic E-state index is -0.326.